The van der Waals surface area contributed by atoms with Crippen molar-refractivity contribution in [1.29, 1.82) is 0 Å². The van der Waals surface area contributed by atoms with Crippen molar-refractivity contribution < 1.29 is 24.6 Å². The third-order valence-corrected chi connectivity index (χ3v) is 3.41. The molecule has 0 saturated heterocycles. The average molecular weight is 312 g/mol. The number of rotatable bonds is 11. The van der Waals surface area contributed by atoms with Gasteiger partial charge in [-0.3, -0.25) is 0 Å². The van der Waals surface area contributed by atoms with Crippen molar-refractivity contribution in [2.24, 2.45) is 5.92 Å². The second-order valence-corrected chi connectivity index (χ2v) is 5.85. The predicted octanol–water partition coefficient (Wildman–Crippen LogP) is 1.19. The van der Waals surface area contributed by atoms with E-state index in [0.717, 1.165) is 12.1 Å². The van der Waals surface area contributed by atoms with Gasteiger partial charge >= 0.3 is 0 Å². The molecule has 0 spiro atoms. The molecule has 0 heterocycles. The summed E-state index contributed by atoms with van der Waals surface area (Å²) in [7, 11) is 3.22. The van der Waals surface area contributed by atoms with Gasteiger partial charge in [-0.15, -0.1) is 0 Å². The lowest BCUT2D eigenvalue weighted by Crippen LogP contribution is -2.86. The number of methoxy groups -OCH3 is 2. The van der Waals surface area contributed by atoms with Gasteiger partial charge in [0.2, 0.25) is 0 Å². The van der Waals surface area contributed by atoms with Crippen LogP contribution in [0.15, 0.2) is 18.2 Å². The third kappa shape index (κ3) is 7.11. The van der Waals surface area contributed by atoms with Crippen LogP contribution in [0.3, 0.4) is 0 Å². The molecule has 0 fully saturated rings. The Hall–Kier alpha value is -1.30. The number of hydrogen-bond donors (Lipinski definition) is 2. The molecule has 0 amide bonds. The monoisotopic (exact) mass is 312 g/mol. The molecule has 0 radical (unpaired) electrons. The van der Waals surface area contributed by atoms with Gasteiger partial charge in [0.25, 0.3) is 0 Å². The average Bonchev–Trinajstić information content (AvgIpc) is 2.51. The number of nitrogens with two attached hydrogens (primary N) is 1. The zero-order valence-electron chi connectivity index (χ0n) is 14.2. The Morgan fingerprint density at radius 1 is 1.14 bits per heavy atom. The van der Waals surface area contributed by atoms with Crippen LogP contribution in [0, 0.1) is 5.92 Å². The molecule has 0 bridgehead atoms. The number of aliphatic hydroxyl groups excluding tert-OH is 1. The minimum Gasteiger partial charge on any atom is -0.493 e. The minimum absolute atomic E-state index is 0.340. The lowest BCUT2D eigenvalue weighted by atomic mass is 10.1. The highest BCUT2D eigenvalue weighted by Crippen LogP contribution is 2.27. The number of quaternary nitrogens is 1. The standard InChI is InChI=1S/C17H29NO4/c1-13(2)7-8-18-10-15(19)12-22-11-14-5-6-16(20-3)17(9-14)21-4/h5-6,9,13,15,18-19H,7-8,10-12H2,1-4H3/p+1/t15-/m0/s1. The van der Waals surface area contributed by atoms with Gasteiger partial charge in [0.05, 0.1) is 34.0 Å². The van der Waals surface area contributed by atoms with Crippen molar-refractivity contribution in [2.45, 2.75) is 33.0 Å². The highest BCUT2D eigenvalue weighted by atomic mass is 16.5. The van der Waals surface area contributed by atoms with Crippen LogP contribution in [-0.2, 0) is 11.3 Å². The van der Waals surface area contributed by atoms with Crippen LogP contribution in [0.4, 0.5) is 0 Å². The van der Waals surface area contributed by atoms with Crippen molar-refractivity contribution in [3.05, 3.63) is 23.8 Å². The molecule has 0 aliphatic heterocycles. The first-order valence-corrected chi connectivity index (χ1v) is 7.85. The molecule has 5 heteroatoms. The Balaban J connectivity index is 2.26. The fourth-order valence-electron chi connectivity index (χ4n) is 2.11. The van der Waals surface area contributed by atoms with Gasteiger partial charge in [-0.2, -0.15) is 0 Å². The number of ether oxygens (including phenoxy) is 3. The van der Waals surface area contributed by atoms with Crippen molar-refractivity contribution in [3.63, 3.8) is 0 Å². The highest BCUT2D eigenvalue weighted by Gasteiger charge is 2.08. The fourth-order valence-corrected chi connectivity index (χ4v) is 2.11. The maximum Gasteiger partial charge on any atom is 0.161 e. The SMILES string of the molecule is COc1ccc(COC[C@@H](O)C[NH2+]CCC(C)C)cc1OC. The van der Waals surface area contributed by atoms with Gasteiger partial charge in [-0.05, 0) is 30.0 Å². The summed E-state index contributed by atoms with van der Waals surface area (Å²) in [4.78, 5) is 0. The topological polar surface area (TPSA) is 64.5 Å². The van der Waals surface area contributed by atoms with E-state index in [0.29, 0.717) is 37.2 Å². The molecule has 0 unspecified atom stereocenters. The largest absolute Gasteiger partial charge is 0.493 e. The molecule has 126 valence electrons. The van der Waals surface area contributed by atoms with E-state index in [4.69, 9.17) is 14.2 Å². The summed E-state index contributed by atoms with van der Waals surface area (Å²) in [5.74, 6) is 2.09. The van der Waals surface area contributed by atoms with E-state index in [2.05, 4.69) is 19.2 Å². The molecule has 0 saturated carbocycles. The second-order valence-electron chi connectivity index (χ2n) is 5.85. The highest BCUT2D eigenvalue weighted by molar-refractivity contribution is 5.42. The van der Waals surface area contributed by atoms with Crippen LogP contribution >= 0.6 is 0 Å². The van der Waals surface area contributed by atoms with E-state index < -0.39 is 6.10 Å². The number of aliphatic hydroxyl groups is 1. The van der Waals surface area contributed by atoms with Gasteiger partial charge in [0.1, 0.15) is 12.6 Å². The zero-order valence-corrected chi connectivity index (χ0v) is 14.2. The van der Waals surface area contributed by atoms with Gasteiger partial charge in [0.15, 0.2) is 11.5 Å². The summed E-state index contributed by atoms with van der Waals surface area (Å²) in [6, 6.07) is 5.68. The van der Waals surface area contributed by atoms with Crippen LogP contribution in [0.2, 0.25) is 0 Å². The van der Waals surface area contributed by atoms with Crippen LogP contribution in [0.1, 0.15) is 25.8 Å². The quantitative estimate of drug-likeness (QED) is 0.603. The van der Waals surface area contributed by atoms with E-state index in [1.165, 1.54) is 6.42 Å². The van der Waals surface area contributed by atoms with E-state index in [-0.39, 0.29) is 0 Å². The Kier molecular flexibility index (Phi) is 8.89. The van der Waals surface area contributed by atoms with Crippen molar-refractivity contribution in [1.82, 2.24) is 0 Å². The molecule has 1 rings (SSSR count). The van der Waals surface area contributed by atoms with E-state index >= 15 is 0 Å². The third-order valence-electron chi connectivity index (χ3n) is 3.41. The smallest absolute Gasteiger partial charge is 0.161 e. The lowest BCUT2D eigenvalue weighted by Gasteiger charge is -2.12. The summed E-state index contributed by atoms with van der Waals surface area (Å²) < 4.78 is 16.0. The first-order chi connectivity index (χ1) is 10.6. The Bertz CT molecular complexity index is 423. The Morgan fingerprint density at radius 3 is 2.50 bits per heavy atom. The van der Waals surface area contributed by atoms with Crippen LogP contribution in [0.25, 0.3) is 0 Å². The number of benzene rings is 1. The Morgan fingerprint density at radius 2 is 1.86 bits per heavy atom. The van der Waals surface area contributed by atoms with Gasteiger partial charge in [0, 0.05) is 0 Å². The zero-order chi connectivity index (χ0) is 16.4. The summed E-state index contributed by atoms with van der Waals surface area (Å²) >= 11 is 0. The second kappa shape index (κ2) is 10.4. The molecule has 5 nitrogen and oxygen atoms in total. The normalized spacial score (nSPS) is 12.5. The van der Waals surface area contributed by atoms with E-state index in [9.17, 15) is 5.11 Å². The van der Waals surface area contributed by atoms with Crippen LogP contribution in [-0.4, -0.2) is 45.1 Å². The van der Waals surface area contributed by atoms with E-state index in [1.54, 1.807) is 14.2 Å². The molecule has 1 aromatic rings. The molecule has 0 aliphatic rings. The Labute approximate surface area is 133 Å². The summed E-state index contributed by atoms with van der Waals surface area (Å²) in [5, 5.41) is 12.0. The summed E-state index contributed by atoms with van der Waals surface area (Å²) in [6.45, 7) is 6.92. The molecular formula is C17H30NO4+. The molecule has 3 N–H and O–H groups in total. The molecule has 1 atom stereocenters. The fraction of sp³-hybridized carbons (Fsp3) is 0.647. The maximum atomic E-state index is 9.87. The van der Waals surface area contributed by atoms with Crippen molar-refractivity contribution >= 4 is 0 Å². The lowest BCUT2D eigenvalue weighted by molar-refractivity contribution is -0.662. The van der Waals surface area contributed by atoms with Gasteiger partial charge in [-0.1, -0.05) is 19.9 Å². The van der Waals surface area contributed by atoms with E-state index in [1.807, 2.05) is 18.2 Å². The summed E-state index contributed by atoms with van der Waals surface area (Å²) in [5.41, 5.74) is 0.994. The van der Waals surface area contributed by atoms with Gasteiger partial charge < -0.3 is 24.6 Å². The van der Waals surface area contributed by atoms with Crippen molar-refractivity contribution in [2.75, 3.05) is 33.9 Å². The predicted molar refractivity (Wildman–Crippen MR) is 86.3 cm³/mol. The first kappa shape index (κ1) is 18.7. The van der Waals surface area contributed by atoms with Crippen molar-refractivity contribution in [3.8, 4) is 11.5 Å². The molecule has 1 aromatic carbocycles. The molecular weight excluding hydrogens is 282 g/mol. The minimum atomic E-state index is -0.438. The molecule has 0 aliphatic carbocycles. The molecule has 22 heavy (non-hydrogen) atoms. The van der Waals surface area contributed by atoms with Crippen LogP contribution in [0.5, 0.6) is 11.5 Å². The number of hydrogen-bond acceptors (Lipinski definition) is 4. The van der Waals surface area contributed by atoms with Crippen LogP contribution < -0.4 is 14.8 Å². The summed E-state index contributed by atoms with van der Waals surface area (Å²) in [6.07, 6.45) is 0.728. The first-order valence-electron chi connectivity index (χ1n) is 7.85. The molecule has 0 aromatic heterocycles. The maximum absolute atomic E-state index is 9.87. The van der Waals surface area contributed by atoms with Gasteiger partial charge in [-0.25, -0.2) is 0 Å².